The normalized spacial score (nSPS) is 12.0. The Morgan fingerprint density at radius 1 is 1.10 bits per heavy atom. The molecule has 20 heavy (non-hydrogen) atoms. The molecule has 0 amide bonds. The van der Waals surface area contributed by atoms with Crippen LogP contribution in [-0.2, 0) is 0 Å². The Balaban J connectivity index is 2.11. The maximum absolute atomic E-state index is 6.15. The molecule has 0 spiro atoms. The van der Waals surface area contributed by atoms with Crippen LogP contribution in [0.25, 0.3) is 0 Å². The Morgan fingerprint density at radius 2 is 1.80 bits per heavy atom. The van der Waals surface area contributed by atoms with Crippen molar-refractivity contribution in [2.45, 2.75) is 19.9 Å². The van der Waals surface area contributed by atoms with Gasteiger partial charge in [-0.2, -0.15) is 0 Å². The smallest absolute Gasteiger partial charge is 0.119 e. The number of anilines is 1. The zero-order chi connectivity index (χ0) is 14.5. The Hall–Kier alpha value is -1.38. The molecule has 2 aromatic carbocycles. The minimum absolute atomic E-state index is 0.127. The Morgan fingerprint density at radius 3 is 2.45 bits per heavy atom. The minimum Gasteiger partial charge on any atom is -0.494 e. The summed E-state index contributed by atoms with van der Waals surface area (Å²) in [6.07, 6.45) is 0. The SMILES string of the molecule is CCOc1ccc(C(C)Nc2cc(Cl)ccc2Cl)cc1. The second-order valence-corrected chi connectivity index (χ2v) is 5.34. The number of nitrogens with one attached hydrogen (secondary N) is 1. The topological polar surface area (TPSA) is 21.3 Å². The third-order valence-corrected chi connectivity index (χ3v) is 3.56. The van der Waals surface area contributed by atoms with Crippen LogP contribution < -0.4 is 10.1 Å². The fourth-order valence-corrected chi connectivity index (χ4v) is 2.29. The zero-order valence-corrected chi connectivity index (χ0v) is 13.0. The Labute approximate surface area is 129 Å². The van der Waals surface area contributed by atoms with E-state index in [-0.39, 0.29) is 6.04 Å². The second-order valence-electron chi connectivity index (χ2n) is 4.49. The molecule has 0 aliphatic carbocycles. The van der Waals surface area contributed by atoms with Gasteiger partial charge in [0.05, 0.1) is 17.3 Å². The number of halogens is 2. The summed E-state index contributed by atoms with van der Waals surface area (Å²) in [5, 5.41) is 4.68. The van der Waals surface area contributed by atoms with Crippen LogP contribution in [0.5, 0.6) is 5.75 Å². The van der Waals surface area contributed by atoms with E-state index in [1.165, 1.54) is 0 Å². The molecule has 0 bridgehead atoms. The monoisotopic (exact) mass is 309 g/mol. The lowest BCUT2D eigenvalue weighted by molar-refractivity contribution is 0.340. The summed E-state index contributed by atoms with van der Waals surface area (Å²) < 4.78 is 5.43. The van der Waals surface area contributed by atoms with Crippen molar-refractivity contribution in [1.29, 1.82) is 0 Å². The van der Waals surface area contributed by atoms with Crippen LogP contribution in [-0.4, -0.2) is 6.61 Å². The summed E-state index contributed by atoms with van der Waals surface area (Å²) in [4.78, 5) is 0. The molecule has 106 valence electrons. The van der Waals surface area contributed by atoms with Crippen LogP contribution in [0.2, 0.25) is 10.0 Å². The van der Waals surface area contributed by atoms with Crippen molar-refractivity contribution in [2.75, 3.05) is 11.9 Å². The van der Waals surface area contributed by atoms with Gasteiger partial charge in [0.1, 0.15) is 5.75 Å². The fourth-order valence-electron chi connectivity index (χ4n) is 1.94. The quantitative estimate of drug-likeness (QED) is 0.780. The molecule has 2 aromatic rings. The number of hydrogen-bond donors (Lipinski definition) is 1. The molecular formula is C16H17Cl2NO. The molecule has 2 nitrogen and oxygen atoms in total. The molecule has 0 aliphatic heterocycles. The van der Waals surface area contributed by atoms with Crippen molar-refractivity contribution in [1.82, 2.24) is 0 Å². The summed E-state index contributed by atoms with van der Waals surface area (Å²) in [6, 6.07) is 13.5. The highest BCUT2D eigenvalue weighted by molar-refractivity contribution is 6.35. The molecule has 0 aromatic heterocycles. The Kier molecular flexibility index (Phi) is 5.16. The molecule has 0 fully saturated rings. The minimum atomic E-state index is 0.127. The second kappa shape index (κ2) is 6.87. The predicted octanol–water partition coefficient (Wildman–Crippen LogP) is 5.57. The van der Waals surface area contributed by atoms with E-state index < -0.39 is 0 Å². The first-order valence-electron chi connectivity index (χ1n) is 6.54. The summed E-state index contributed by atoms with van der Waals surface area (Å²) in [6.45, 7) is 4.72. The van der Waals surface area contributed by atoms with Gasteiger partial charge in [-0.1, -0.05) is 35.3 Å². The maximum atomic E-state index is 6.15. The van der Waals surface area contributed by atoms with Crippen molar-refractivity contribution in [3.63, 3.8) is 0 Å². The predicted molar refractivity (Wildman–Crippen MR) is 86.1 cm³/mol. The zero-order valence-electron chi connectivity index (χ0n) is 11.5. The molecule has 0 saturated carbocycles. The van der Waals surface area contributed by atoms with Gasteiger partial charge in [-0.25, -0.2) is 0 Å². The van der Waals surface area contributed by atoms with Crippen molar-refractivity contribution < 1.29 is 4.74 Å². The first-order valence-corrected chi connectivity index (χ1v) is 7.30. The molecule has 4 heteroatoms. The molecule has 1 atom stereocenters. The largest absolute Gasteiger partial charge is 0.494 e. The molecule has 0 radical (unpaired) electrons. The lowest BCUT2D eigenvalue weighted by Crippen LogP contribution is -2.07. The van der Waals surface area contributed by atoms with Crippen LogP contribution in [0, 0.1) is 0 Å². The van der Waals surface area contributed by atoms with E-state index >= 15 is 0 Å². The average molecular weight is 310 g/mol. The van der Waals surface area contributed by atoms with Crippen LogP contribution in [0.3, 0.4) is 0 Å². The van der Waals surface area contributed by atoms with Crippen LogP contribution >= 0.6 is 23.2 Å². The number of ether oxygens (including phenoxy) is 1. The fraction of sp³-hybridized carbons (Fsp3) is 0.250. The molecular weight excluding hydrogens is 293 g/mol. The van der Waals surface area contributed by atoms with Gasteiger partial charge in [-0.3, -0.25) is 0 Å². The maximum Gasteiger partial charge on any atom is 0.119 e. The molecule has 1 N–H and O–H groups in total. The number of benzene rings is 2. The summed E-state index contributed by atoms with van der Waals surface area (Å²) in [5.41, 5.74) is 1.99. The third kappa shape index (κ3) is 3.81. The average Bonchev–Trinajstić information content (AvgIpc) is 2.44. The van der Waals surface area contributed by atoms with Gasteiger partial charge in [0.25, 0.3) is 0 Å². The number of hydrogen-bond acceptors (Lipinski definition) is 2. The van der Waals surface area contributed by atoms with E-state index in [9.17, 15) is 0 Å². The molecule has 0 heterocycles. The Bertz CT molecular complexity index is 569. The van der Waals surface area contributed by atoms with Gasteiger partial charge >= 0.3 is 0 Å². The van der Waals surface area contributed by atoms with Gasteiger partial charge in [-0.15, -0.1) is 0 Å². The van der Waals surface area contributed by atoms with E-state index in [1.807, 2.05) is 37.3 Å². The van der Waals surface area contributed by atoms with E-state index in [2.05, 4.69) is 12.2 Å². The molecule has 0 saturated heterocycles. The van der Waals surface area contributed by atoms with Crippen LogP contribution in [0.1, 0.15) is 25.5 Å². The highest BCUT2D eigenvalue weighted by atomic mass is 35.5. The van der Waals surface area contributed by atoms with E-state index in [1.54, 1.807) is 12.1 Å². The summed E-state index contributed by atoms with van der Waals surface area (Å²) in [5.74, 6) is 0.879. The van der Waals surface area contributed by atoms with Crippen LogP contribution in [0.15, 0.2) is 42.5 Å². The van der Waals surface area contributed by atoms with Crippen molar-refractivity contribution in [2.24, 2.45) is 0 Å². The molecule has 1 unspecified atom stereocenters. The third-order valence-electron chi connectivity index (χ3n) is 2.99. The van der Waals surface area contributed by atoms with Crippen LogP contribution in [0.4, 0.5) is 5.69 Å². The van der Waals surface area contributed by atoms with E-state index in [0.29, 0.717) is 16.7 Å². The van der Waals surface area contributed by atoms with Gasteiger partial charge in [0.2, 0.25) is 0 Å². The van der Waals surface area contributed by atoms with Gasteiger partial charge in [0, 0.05) is 11.1 Å². The van der Waals surface area contributed by atoms with Gasteiger partial charge < -0.3 is 10.1 Å². The highest BCUT2D eigenvalue weighted by Crippen LogP contribution is 2.29. The lowest BCUT2D eigenvalue weighted by Gasteiger charge is -2.17. The van der Waals surface area contributed by atoms with Crippen molar-refractivity contribution in [3.8, 4) is 5.75 Å². The lowest BCUT2D eigenvalue weighted by atomic mass is 10.1. The molecule has 0 aliphatic rings. The molecule has 2 rings (SSSR count). The van der Waals surface area contributed by atoms with Crippen molar-refractivity contribution in [3.05, 3.63) is 58.1 Å². The first kappa shape index (κ1) is 15.0. The van der Waals surface area contributed by atoms with Gasteiger partial charge in [-0.05, 0) is 49.7 Å². The first-order chi connectivity index (χ1) is 9.60. The van der Waals surface area contributed by atoms with E-state index in [0.717, 1.165) is 17.0 Å². The summed E-state index contributed by atoms with van der Waals surface area (Å²) >= 11 is 12.1. The van der Waals surface area contributed by atoms with E-state index in [4.69, 9.17) is 27.9 Å². The number of rotatable bonds is 5. The summed E-state index contributed by atoms with van der Waals surface area (Å²) in [7, 11) is 0. The standard InChI is InChI=1S/C16H17Cl2NO/c1-3-20-14-7-4-12(5-8-14)11(2)19-16-10-13(17)6-9-15(16)18/h4-11,19H,3H2,1-2H3. The van der Waals surface area contributed by atoms with Gasteiger partial charge in [0.15, 0.2) is 0 Å². The highest BCUT2D eigenvalue weighted by Gasteiger charge is 2.08. The van der Waals surface area contributed by atoms with Crippen molar-refractivity contribution >= 4 is 28.9 Å².